The molecule has 0 spiro atoms. The number of amides is 2. The molecule has 0 aliphatic heterocycles. The highest BCUT2D eigenvalue weighted by Gasteiger charge is 2.16. The molecular formula is C18H21N5O2. The molecule has 7 heteroatoms. The first-order valence-electron chi connectivity index (χ1n) is 8.18. The van der Waals surface area contributed by atoms with Gasteiger partial charge in [0.2, 0.25) is 0 Å². The van der Waals surface area contributed by atoms with Gasteiger partial charge in [-0.1, -0.05) is 6.07 Å². The summed E-state index contributed by atoms with van der Waals surface area (Å²) >= 11 is 0. The summed E-state index contributed by atoms with van der Waals surface area (Å²) in [5.74, 6) is -1.36. The fourth-order valence-corrected chi connectivity index (χ4v) is 2.86. The summed E-state index contributed by atoms with van der Waals surface area (Å²) in [7, 11) is 0. The molecule has 3 N–H and O–H groups in total. The number of benzene rings is 1. The van der Waals surface area contributed by atoms with Gasteiger partial charge in [-0.3, -0.25) is 14.3 Å². The fraction of sp³-hybridized carbons (Fsp3) is 0.278. The van der Waals surface area contributed by atoms with Gasteiger partial charge in [0.1, 0.15) is 0 Å². The maximum atomic E-state index is 12.1. The minimum absolute atomic E-state index is 0.277. The lowest BCUT2D eigenvalue weighted by atomic mass is 10.2. The van der Waals surface area contributed by atoms with E-state index in [2.05, 4.69) is 20.7 Å². The van der Waals surface area contributed by atoms with E-state index >= 15 is 0 Å². The lowest BCUT2D eigenvalue weighted by Crippen LogP contribution is -2.35. The Balaban J connectivity index is 1.63. The van der Waals surface area contributed by atoms with E-state index in [0.29, 0.717) is 5.69 Å². The number of fused-ring (bicyclic) bond motifs is 1. The Labute approximate surface area is 145 Å². The molecule has 0 atom stereocenters. The van der Waals surface area contributed by atoms with E-state index in [9.17, 15) is 9.59 Å². The maximum Gasteiger partial charge on any atom is 0.313 e. The molecule has 25 heavy (non-hydrogen) atoms. The van der Waals surface area contributed by atoms with E-state index in [1.165, 1.54) is 0 Å². The standard InChI is InChI=1S/C18H21N5O2/c1-4-23-12(3)15(11(2)22-23)10-20-17(24)18(25)21-14-6-5-13-7-8-19-16(13)9-14/h5-9,19H,4,10H2,1-3H3,(H,20,24)(H,21,25). The largest absolute Gasteiger partial charge is 0.361 e. The summed E-state index contributed by atoms with van der Waals surface area (Å²) in [5, 5.41) is 10.7. The van der Waals surface area contributed by atoms with Crippen LogP contribution in [-0.4, -0.2) is 26.6 Å². The first kappa shape index (κ1) is 16.8. The van der Waals surface area contributed by atoms with Gasteiger partial charge >= 0.3 is 11.8 Å². The van der Waals surface area contributed by atoms with Gasteiger partial charge in [0.15, 0.2) is 0 Å². The van der Waals surface area contributed by atoms with Gasteiger partial charge in [-0.25, -0.2) is 0 Å². The van der Waals surface area contributed by atoms with Crippen LogP contribution >= 0.6 is 0 Å². The lowest BCUT2D eigenvalue weighted by molar-refractivity contribution is -0.136. The number of rotatable bonds is 4. The molecule has 0 aliphatic rings. The Kier molecular flexibility index (Phi) is 4.56. The van der Waals surface area contributed by atoms with Crippen LogP contribution in [0.5, 0.6) is 0 Å². The lowest BCUT2D eigenvalue weighted by Gasteiger charge is -2.07. The van der Waals surface area contributed by atoms with Crippen LogP contribution in [0.4, 0.5) is 5.69 Å². The Morgan fingerprint density at radius 2 is 2.00 bits per heavy atom. The number of hydrogen-bond acceptors (Lipinski definition) is 3. The fourth-order valence-electron chi connectivity index (χ4n) is 2.86. The Bertz CT molecular complexity index is 938. The molecule has 0 unspecified atom stereocenters. The normalized spacial score (nSPS) is 10.8. The van der Waals surface area contributed by atoms with Crippen molar-refractivity contribution in [2.45, 2.75) is 33.9 Å². The van der Waals surface area contributed by atoms with Crippen LogP contribution in [0, 0.1) is 13.8 Å². The quantitative estimate of drug-likeness (QED) is 0.637. The summed E-state index contributed by atoms with van der Waals surface area (Å²) < 4.78 is 1.88. The second kappa shape index (κ2) is 6.80. The van der Waals surface area contributed by atoms with Gasteiger partial charge in [-0.05, 0) is 44.4 Å². The van der Waals surface area contributed by atoms with Gasteiger partial charge in [0, 0.05) is 41.7 Å². The number of nitrogens with zero attached hydrogens (tertiary/aromatic N) is 2. The number of aromatic nitrogens is 3. The zero-order valence-electron chi connectivity index (χ0n) is 14.5. The number of aromatic amines is 1. The first-order chi connectivity index (χ1) is 12.0. The van der Waals surface area contributed by atoms with E-state index in [-0.39, 0.29) is 6.54 Å². The van der Waals surface area contributed by atoms with Crippen molar-refractivity contribution in [1.82, 2.24) is 20.1 Å². The minimum Gasteiger partial charge on any atom is -0.361 e. The Morgan fingerprint density at radius 1 is 1.20 bits per heavy atom. The van der Waals surface area contributed by atoms with Crippen molar-refractivity contribution in [2.75, 3.05) is 5.32 Å². The third kappa shape index (κ3) is 3.40. The minimum atomic E-state index is -0.691. The van der Waals surface area contributed by atoms with Crippen LogP contribution in [0.1, 0.15) is 23.9 Å². The molecule has 0 bridgehead atoms. The van der Waals surface area contributed by atoms with E-state index in [1.54, 1.807) is 12.1 Å². The predicted octanol–water partition coefficient (Wildman–Crippen LogP) is 2.26. The topological polar surface area (TPSA) is 91.8 Å². The molecule has 7 nitrogen and oxygen atoms in total. The van der Waals surface area contributed by atoms with Crippen LogP contribution in [0.2, 0.25) is 0 Å². The van der Waals surface area contributed by atoms with Crippen LogP contribution in [-0.2, 0) is 22.7 Å². The van der Waals surface area contributed by atoms with Crippen molar-refractivity contribution in [3.8, 4) is 0 Å². The maximum absolute atomic E-state index is 12.1. The van der Waals surface area contributed by atoms with Gasteiger partial charge < -0.3 is 15.6 Å². The van der Waals surface area contributed by atoms with E-state index in [0.717, 1.165) is 34.4 Å². The Hall–Kier alpha value is -3.09. The third-order valence-corrected chi connectivity index (χ3v) is 4.28. The molecule has 0 fully saturated rings. The number of H-pyrrole nitrogens is 1. The zero-order valence-corrected chi connectivity index (χ0v) is 14.5. The second-order valence-electron chi connectivity index (χ2n) is 5.88. The molecule has 3 rings (SSSR count). The summed E-state index contributed by atoms with van der Waals surface area (Å²) in [5.41, 5.74) is 4.27. The smallest absolute Gasteiger partial charge is 0.313 e. The number of hydrogen-bond donors (Lipinski definition) is 3. The monoisotopic (exact) mass is 339 g/mol. The first-order valence-corrected chi connectivity index (χ1v) is 8.18. The van der Waals surface area contributed by atoms with Crippen molar-refractivity contribution in [3.05, 3.63) is 47.4 Å². The molecule has 0 radical (unpaired) electrons. The number of carbonyl (C=O) groups excluding carboxylic acids is 2. The van der Waals surface area contributed by atoms with Crippen molar-refractivity contribution in [2.24, 2.45) is 0 Å². The predicted molar refractivity (Wildman–Crippen MR) is 96.2 cm³/mol. The second-order valence-corrected chi connectivity index (χ2v) is 5.88. The summed E-state index contributed by atoms with van der Waals surface area (Å²) in [6.45, 7) is 6.90. The average molecular weight is 339 g/mol. The van der Waals surface area contributed by atoms with Crippen LogP contribution in [0.3, 0.4) is 0 Å². The molecular weight excluding hydrogens is 318 g/mol. The van der Waals surface area contributed by atoms with Gasteiger partial charge in [0.05, 0.1) is 5.69 Å². The number of nitrogens with one attached hydrogen (secondary N) is 3. The molecule has 0 saturated heterocycles. The molecule has 2 amide bonds. The molecule has 130 valence electrons. The summed E-state index contributed by atoms with van der Waals surface area (Å²) in [4.78, 5) is 27.2. The van der Waals surface area contributed by atoms with Crippen molar-refractivity contribution in [3.63, 3.8) is 0 Å². The van der Waals surface area contributed by atoms with Crippen molar-refractivity contribution >= 4 is 28.4 Å². The highest BCUT2D eigenvalue weighted by Crippen LogP contribution is 2.17. The SMILES string of the molecule is CCn1nc(C)c(CNC(=O)C(=O)Nc2ccc3cc[nH]c3c2)c1C. The van der Waals surface area contributed by atoms with Crippen LogP contribution in [0.25, 0.3) is 10.9 Å². The average Bonchev–Trinajstić information content (AvgIpc) is 3.16. The van der Waals surface area contributed by atoms with E-state index in [1.807, 2.05) is 43.8 Å². The molecule has 1 aromatic carbocycles. The highest BCUT2D eigenvalue weighted by atomic mass is 16.2. The number of carbonyl (C=O) groups is 2. The van der Waals surface area contributed by atoms with Gasteiger partial charge in [-0.2, -0.15) is 5.10 Å². The van der Waals surface area contributed by atoms with Gasteiger partial charge in [0.25, 0.3) is 0 Å². The van der Waals surface area contributed by atoms with Crippen molar-refractivity contribution < 1.29 is 9.59 Å². The Morgan fingerprint density at radius 3 is 2.72 bits per heavy atom. The van der Waals surface area contributed by atoms with Crippen LogP contribution in [0.15, 0.2) is 30.5 Å². The number of anilines is 1. The zero-order chi connectivity index (χ0) is 18.0. The molecule has 2 aromatic heterocycles. The van der Waals surface area contributed by atoms with Crippen molar-refractivity contribution in [1.29, 1.82) is 0 Å². The highest BCUT2D eigenvalue weighted by molar-refractivity contribution is 6.39. The third-order valence-electron chi connectivity index (χ3n) is 4.28. The summed E-state index contributed by atoms with van der Waals surface area (Å²) in [6, 6.07) is 7.38. The number of aryl methyl sites for hydroxylation is 2. The molecule has 3 aromatic rings. The molecule has 2 heterocycles. The van der Waals surface area contributed by atoms with E-state index < -0.39 is 11.8 Å². The summed E-state index contributed by atoms with van der Waals surface area (Å²) in [6.07, 6.45) is 1.82. The molecule has 0 aliphatic carbocycles. The van der Waals surface area contributed by atoms with E-state index in [4.69, 9.17) is 0 Å². The molecule has 0 saturated carbocycles. The van der Waals surface area contributed by atoms with Gasteiger partial charge in [-0.15, -0.1) is 0 Å². The van der Waals surface area contributed by atoms with Crippen LogP contribution < -0.4 is 10.6 Å².